The second-order valence-electron chi connectivity index (χ2n) is 6.55. The molecule has 0 spiro atoms. The molecular formula is C20H22FN5O5. The molecule has 0 aliphatic heterocycles. The molecule has 0 saturated heterocycles. The molecule has 0 aliphatic carbocycles. The highest BCUT2D eigenvalue weighted by Crippen LogP contribution is 2.12. The number of nitrogens with one attached hydrogen (secondary N) is 4. The summed E-state index contributed by atoms with van der Waals surface area (Å²) in [6, 6.07) is 9.07. The topological polar surface area (TPSA) is 142 Å². The molecule has 31 heavy (non-hydrogen) atoms. The van der Waals surface area contributed by atoms with Crippen molar-refractivity contribution in [2.75, 3.05) is 0 Å². The smallest absolute Gasteiger partial charge is 0.315 e. The molecule has 0 bridgehead atoms. The average molecular weight is 431 g/mol. The molecule has 0 radical (unpaired) electrons. The SMILES string of the molecule is CCCC(NC(=O)NCc1ccc(F)cc1)C(=O)NNC(=O)c1cccc([N+](=O)[O-])c1. The van der Waals surface area contributed by atoms with Crippen molar-refractivity contribution < 1.29 is 23.7 Å². The number of hydrogen-bond donors (Lipinski definition) is 4. The van der Waals surface area contributed by atoms with Crippen molar-refractivity contribution in [3.8, 4) is 0 Å². The number of carbonyl (C=O) groups excluding carboxylic acids is 3. The molecule has 2 aromatic carbocycles. The number of nitro benzene ring substituents is 1. The number of nitrogens with zero attached hydrogens (tertiary/aromatic N) is 1. The van der Waals surface area contributed by atoms with E-state index in [-0.39, 0.29) is 23.6 Å². The van der Waals surface area contributed by atoms with Crippen LogP contribution in [0.15, 0.2) is 48.5 Å². The Labute approximate surface area is 177 Å². The van der Waals surface area contributed by atoms with Gasteiger partial charge >= 0.3 is 6.03 Å². The zero-order valence-electron chi connectivity index (χ0n) is 16.7. The predicted molar refractivity (Wildman–Crippen MR) is 109 cm³/mol. The van der Waals surface area contributed by atoms with Crippen LogP contribution < -0.4 is 21.5 Å². The number of urea groups is 1. The van der Waals surface area contributed by atoms with Crippen LogP contribution in [-0.4, -0.2) is 28.8 Å². The third-order valence-corrected chi connectivity index (χ3v) is 4.18. The Morgan fingerprint density at radius 1 is 1.10 bits per heavy atom. The Hall–Kier alpha value is -4.02. The van der Waals surface area contributed by atoms with E-state index in [0.717, 1.165) is 6.07 Å². The van der Waals surface area contributed by atoms with Gasteiger partial charge in [-0.05, 0) is 30.2 Å². The van der Waals surface area contributed by atoms with Gasteiger partial charge in [0.2, 0.25) is 0 Å². The monoisotopic (exact) mass is 431 g/mol. The number of non-ortho nitro benzene ring substituents is 1. The van der Waals surface area contributed by atoms with Crippen molar-refractivity contribution in [3.63, 3.8) is 0 Å². The normalized spacial score (nSPS) is 11.2. The van der Waals surface area contributed by atoms with Crippen LogP contribution in [0.25, 0.3) is 0 Å². The third kappa shape index (κ3) is 7.38. The van der Waals surface area contributed by atoms with Crippen molar-refractivity contribution >= 4 is 23.5 Å². The van der Waals surface area contributed by atoms with Crippen molar-refractivity contribution in [2.24, 2.45) is 0 Å². The van der Waals surface area contributed by atoms with Crippen LogP contribution in [0.5, 0.6) is 0 Å². The van der Waals surface area contributed by atoms with Gasteiger partial charge < -0.3 is 10.6 Å². The van der Waals surface area contributed by atoms with Gasteiger partial charge in [-0.25, -0.2) is 9.18 Å². The summed E-state index contributed by atoms with van der Waals surface area (Å²) in [7, 11) is 0. The minimum atomic E-state index is -0.927. The highest BCUT2D eigenvalue weighted by Gasteiger charge is 2.21. The summed E-state index contributed by atoms with van der Waals surface area (Å²) in [4.78, 5) is 46.8. The van der Waals surface area contributed by atoms with Gasteiger partial charge in [0.15, 0.2) is 0 Å². The van der Waals surface area contributed by atoms with E-state index >= 15 is 0 Å². The van der Waals surface area contributed by atoms with Crippen LogP contribution >= 0.6 is 0 Å². The number of nitro groups is 1. The molecule has 11 heteroatoms. The number of carbonyl (C=O) groups is 3. The maximum atomic E-state index is 12.9. The number of halogens is 1. The van der Waals surface area contributed by atoms with Crippen LogP contribution in [0, 0.1) is 15.9 Å². The van der Waals surface area contributed by atoms with Gasteiger partial charge in [0.1, 0.15) is 11.9 Å². The maximum Gasteiger partial charge on any atom is 0.315 e. The van der Waals surface area contributed by atoms with Crippen LogP contribution in [0.1, 0.15) is 35.7 Å². The predicted octanol–water partition coefficient (Wildman–Crippen LogP) is 2.16. The van der Waals surface area contributed by atoms with Crippen molar-refractivity contribution in [1.29, 1.82) is 0 Å². The molecule has 4 N–H and O–H groups in total. The van der Waals surface area contributed by atoms with Crippen molar-refractivity contribution in [3.05, 3.63) is 75.6 Å². The number of hydrogen-bond acceptors (Lipinski definition) is 5. The van der Waals surface area contributed by atoms with Crippen LogP contribution in [0.2, 0.25) is 0 Å². The largest absolute Gasteiger partial charge is 0.334 e. The van der Waals surface area contributed by atoms with Gasteiger partial charge in [-0.2, -0.15) is 0 Å². The van der Waals surface area contributed by atoms with Gasteiger partial charge in [-0.15, -0.1) is 0 Å². The van der Waals surface area contributed by atoms with Crippen molar-refractivity contribution in [1.82, 2.24) is 21.5 Å². The average Bonchev–Trinajstić information content (AvgIpc) is 2.76. The molecule has 0 aliphatic rings. The summed E-state index contributed by atoms with van der Waals surface area (Å²) in [5, 5.41) is 15.9. The van der Waals surface area contributed by atoms with Gasteiger partial charge in [-0.3, -0.25) is 30.6 Å². The molecule has 2 aromatic rings. The molecule has 2 rings (SSSR count). The molecule has 0 heterocycles. The fourth-order valence-electron chi connectivity index (χ4n) is 2.59. The van der Waals surface area contributed by atoms with Crippen LogP contribution in [0.3, 0.4) is 0 Å². The van der Waals surface area contributed by atoms with Crippen LogP contribution in [0.4, 0.5) is 14.9 Å². The maximum absolute atomic E-state index is 12.9. The fourth-order valence-corrected chi connectivity index (χ4v) is 2.59. The Morgan fingerprint density at radius 3 is 2.45 bits per heavy atom. The van der Waals surface area contributed by atoms with E-state index in [0.29, 0.717) is 18.4 Å². The first-order valence-corrected chi connectivity index (χ1v) is 9.43. The Kier molecular flexibility index (Phi) is 8.43. The summed E-state index contributed by atoms with van der Waals surface area (Å²) in [6.07, 6.45) is 0.887. The fraction of sp³-hybridized carbons (Fsp3) is 0.250. The van der Waals surface area contributed by atoms with Gasteiger partial charge in [0.25, 0.3) is 17.5 Å². The molecule has 0 aromatic heterocycles. The number of hydrazine groups is 1. The van der Waals surface area contributed by atoms with Gasteiger partial charge in [-0.1, -0.05) is 31.5 Å². The lowest BCUT2D eigenvalue weighted by Crippen LogP contribution is -2.54. The molecule has 1 atom stereocenters. The first kappa shape index (κ1) is 23.3. The first-order chi connectivity index (χ1) is 14.8. The zero-order valence-corrected chi connectivity index (χ0v) is 16.7. The highest BCUT2D eigenvalue weighted by molar-refractivity contribution is 5.96. The Balaban J connectivity index is 1.88. The van der Waals surface area contributed by atoms with E-state index in [2.05, 4.69) is 21.5 Å². The third-order valence-electron chi connectivity index (χ3n) is 4.18. The summed E-state index contributed by atoms with van der Waals surface area (Å²) in [5.74, 6) is -1.79. The molecule has 1 unspecified atom stereocenters. The Morgan fingerprint density at radius 2 is 1.81 bits per heavy atom. The van der Waals surface area contributed by atoms with E-state index < -0.39 is 28.8 Å². The molecule has 4 amide bonds. The Bertz CT molecular complexity index is 951. The molecule has 0 saturated carbocycles. The lowest BCUT2D eigenvalue weighted by Gasteiger charge is -2.18. The van der Waals surface area contributed by atoms with Crippen molar-refractivity contribution in [2.45, 2.75) is 32.4 Å². The van der Waals surface area contributed by atoms with E-state index in [4.69, 9.17) is 0 Å². The van der Waals surface area contributed by atoms with Gasteiger partial charge in [0, 0.05) is 24.2 Å². The van der Waals surface area contributed by atoms with E-state index in [9.17, 15) is 28.9 Å². The second kappa shape index (κ2) is 11.2. The standard InChI is InChI=1S/C20H22FN5O5/c1-2-4-17(23-20(29)22-12-13-7-9-15(21)10-8-13)19(28)25-24-18(27)14-5-3-6-16(11-14)26(30)31/h3,5-11,17H,2,4,12H2,1H3,(H,24,27)(H,25,28)(H2,22,23,29). The first-order valence-electron chi connectivity index (χ1n) is 9.43. The second-order valence-corrected chi connectivity index (χ2v) is 6.55. The summed E-state index contributed by atoms with van der Waals surface area (Å²) in [5.41, 5.74) is 4.79. The van der Waals surface area contributed by atoms with Gasteiger partial charge in [0.05, 0.1) is 4.92 Å². The summed E-state index contributed by atoms with van der Waals surface area (Å²) >= 11 is 0. The summed E-state index contributed by atoms with van der Waals surface area (Å²) < 4.78 is 12.9. The molecule has 164 valence electrons. The number of amides is 4. The van der Waals surface area contributed by atoms with E-state index in [1.165, 1.54) is 42.5 Å². The van der Waals surface area contributed by atoms with E-state index in [1.807, 2.05) is 6.92 Å². The molecular weight excluding hydrogens is 409 g/mol. The lowest BCUT2D eigenvalue weighted by molar-refractivity contribution is -0.384. The minimum Gasteiger partial charge on any atom is -0.334 e. The highest BCUT2D eigenvalue weighted by atomic mass is 19.1. The minimum absolute atomic E-state index is 0.00783. The quantitative estimate of drug-likeness (QED) is 0.374. The number of benzene rings is 2. The van der Waals surface area contributed by atoms with Crippen LogP contribution in [-0.2, 0) is 11.3 Å². The molecule has 0 fully saturated rings. The lowest BCUT2D eigenvalue weighted by atomic mass is 10.1. The summed E-state index contributed by atoms with van der Waals surface area (Å²) in [6.45, 7) is 1.95. The van der Waals surface area contributed by atoms with E-state index in [1.54, 1.807) is 0 Å². The molecule has 10 nitrogen and oxygen atoms in total. The number of rotatable bonds is 8. The zero-order chi connectivity index (χ0) is 22.8.